The average molecular weight is 261 g/mol. The molecule has 8 heteroatoms. The Balaban J connectivity index is 1.97. The Labute approximate surface area is 107 Å². The highest BCUT2D eigenvalue weighted by Gasteiger charge is 2.12. The van der Waals surface area contributed by atoms with Gasteiger partial charge in [0.05, 0.1) is 11.9 Å². The minimum atomic E-state index is -1.20. The minimum absolute atomic E-state index is 0.139. The molecule has 0 saturated carbocycles. The van der Waals surface area contributed by atoms with Crippen molar-refractivity contribution in [1.29, 1.82) is 0 Å². The van der Waals surface area contributed by atoms with Gasteiger partial charge in [0.25, 0.3) is 0 Å². The number of carboxylic acids is 1. The van der Waals surface area contributed by atoms with Gasteiger partial charge in [-0.2, -0.15) is 5.10 Å². The Morgan fingerprint density at radius 2 is 2.26 bits per heavy atom. The van der Waals surface area contributed by atoms with E-state index in [4.69, 9.17) is 5.11 Å². The first-order valence-electron chi connectivity index (χ1n) is 5.37. The van der Waals surface area contributed by atoms with Crippen molar-refractivity contribution in [2.75, 3.05) is 5.32 Å². The van der Waals surface area contributed by atoms with Gasteiger partial charge in [-0.15, -0.1) is 0 Å². The maximum Gasteiger partial charge on any atom is 0.356 e. The lowest BCUT2D eigenvalue weighted by Gasteiger charge is -2.08. The molecule has 0 fully saturated rings. The zero-order valence-electron chi connectivity index (χ0n) is 9.75. The molecule has 0 atom stereocenters. The van der Waals surface area contributed by atoms with E-state index < -0.39 is 12.0 Å². The molecule has 0 aliphatic heterocycles. The van der Waals surface area contributed by atoms with Crippen LogP contribution in [0.25, 0.3) is 0 Å². The number of carbonyl (C=O) groups is 2. The molecular weight excluding hydrogens is 250 g/mol. The quantitative estimate of drug-likeness (QED) is 0.649. The molecule has 2 heterocycles. The molecule has 0 spiro atoms. The fourth-order valence-electron chi connectivity index (χ4n) is 1.40. The highest BCUT2D eigenvalue weighted by atomic mass is 16.4. The molecule has 98 valence electrons. The number of anilines is 1. The van der Waals surface area contributed by atoms with Crippen LogP contribution < -0.4 is 10.6 Å². The minimum Gasteiger partial charge on any atom is -0.476 e. The van der Waals surface area contributed by atoms with Gasteiger partial charge in [-0.25, -0.2) is 14.6 Å². The Bertz CT molecular complexity index is 582. The van der Waals surface area contributed by atoms with E-state index in [1.54, 1.807) is 12.4 Å². The molecule has 8 nitrogen and oxygen atoms in total. The number of carbonyl (C=O) groups excluding carboxylic acids is 1. The number of carboxylic acid groups (broad SMARTS) is 1. The van der Waals surface area contributed by atoms with E-state index in [2.05, 4.69) is 25.8 Å². The Morgan fingerprint density at radius 3 is 2.95 bits per heavy atom. The van der Waals surface area contributed by atoms with Gasteiger partial charge < -0.3 is 15.7 Å². The summed E-state index contributed by atoms with van der Waals surface area (Å²) < 4.78 is 0. The number of H-pyrrole nitrogens is 1. The fourth-order valence-corrected chi connectivity index (χ4v) is 1.40. The van der Waals surface area contributed by atoms with Gasteiger partial charge in [0.1, 0.15) is 0 Å². The van der Waals surface area contributed by atoms with Crippen molar-refractivity contribution in [3.05, 3.63) is 42.0 Å². The SMILES string of the molecule is O=C(NCc1cn[nH]c1)Nc1cccnc1C(=O)O. The Morgan fingerprint density at radius 1 is 1.42 bits per heavy atom. The van der Waals surface area contributed by atoms with E-state index in [9.17, 15) is 9.59 Å². The molecule has 2 rings (SSSR count). The van der Waals surface area contributed by atoms with Gasteiger partial charge >= 0.3 is 12.0 Å². The van der Waals surface area contributed by atoms with E-state index in [1.165, 1.54) is 18.3 Å². The van der Waals surface area contributed by atoms with Crippen molar-refractivity contribution >= 4 is 17.7 Å². The molecule has 0 unspecified atom stereocenters. The summed E-state index contributed by atoms with van der Waals surface area (Å²) in [7, 11) is 0. The predicted molar refractivity (Wildman–Crippen MR) is 65.6 cm³/mol. The van der Waals surface area contributed by atoms with E-state index >= 15 is 0 Å². The molecule has 2 aromatic heterocycles. The summed E-state index contributed by atoms with van der Waals surface area (Å²) in [4.78, 5) is 26.2. The number of rotatable bonds is 4. The maximum atomic E-state index is 11.6. The van der Waals surface area contributed by atoms with Gasteiger partial charge in [-0.3, -0.25) is 5.10 Å². The van der Waals surface area contributed by atoms with Gasteiger partial charge in [-0.05, 0) is 12.1 Å². The lowest BCUT2D eigenvalue weighted by Crippen LogP contribution is -2.29. The summed E-state index contributed by atoms with van der Waals surface area (Å²) in [6, 6.07) is 2.49. The monoisotopic (exact) mass is 261 g/mol. The summed E-state index contributed by atoms with van der Waals surface area (Å²) >= 11 is 0. The zero-order valence-corrected chi connectivity index (χ0v) is 9.75. The number of aromatic carboxylic acids is 1. The largest absolute Gasteiger partial charge is 0.476 e. The third-order valence-corrected chi connectivity index (χ3v) is 2.27. The molecule has 2 amide bonds. The second-order valence-electron chi connectivity index (χ2n) is 3.62. The van der Waals surface area contributed by atoms with Crippen LogP contribution in [0.1, 0.15) is 16.1 Å². The molecule has 0 radical (unpaired) electrons. The summed E-state index contributed by atoms with van der Waals surface area (Å²) in [6.07, 6.45) is 4.57. The number of aromatic amines is 1. The Hall–Kier alpha value is -2.90. The number of nitrogens with one attached hydrogen (secondary N) is 3. The third kappa shape index (κ3) is 3.28. The lowest BCUT2D eigenvalue weighted by molar-refractivity contribution is 0.0692. The summed E-state index contributed by atoms with van der Waals surface area (Å²) in [5.74, 6) is -1.20. The molecule has 2 aromatic rings. The van der Waals surface area contributed by atoms with Crippen LogP contribution in [0.5, 0.6) is 0 Å². The number of amides is 2. The topological polar surface area (TPSA) is 120 Å². The second kappa shape index (κ2) is 5.63. The maximum absolute atomic E-state index is 11.6. The van der Waals surface area contributed by atoms with Gasteiger partial charge in [0.15, 0.2) is 5.69 Å². The first-order chi connectivity index (χ1) is 9.16. The number of aromatic nitrogens is 3. The van der Waals surface area contributed by atoms with Crippen LogP contribution in [-0.4, -0.2) is 32.3 Å². The van der Waals surface area contributed by atoms with Gasteiger partial charge in [0, 0.05) is 24.5 Å². The van der Waals surface area contributed by atoms with Crippen LogP contribution in [-0.2, 0) is 6.54 Å². The zero-order chi connectivity index (χ0) is 13.7. The second-order valence-corrected chi connectivity index (χ2v) is 3.62. The van der Waals surface area contributed by atoms with Crippen molar-refractivity contribution < 1.29 is 14.7 Å². The summed E-state index contributed by atoms with van der Waals surface area (Å²) in [6.45, 7) is 0.283. The molecular formula is C11H11N5O3. The van der Waals surface area contributed by atoms with Crippen molar-refractivity contribution in [3.63, 3.8) is 0 Å². The van der Waals surface area contributed by atoms with Crippen LogP contribution in [0, 0.1) is 0 Å². The smallest absolute Gasteiger partial charge is 0.356 e. The van der Waals surface area contributed by atoms with Crippen molar-refractivity contribution in [1.82, 2.24) is 20.5 Å². The van der Waals surface area contributed by atoms with Crippen LogP contribution in [0.4, 0.5) is 10.5 Å². The van der Waals surface area contributed by atoms with Crippen LogP contribution >= 0.6 is 0 Å². The van der Waals surface area contributed by atoms with E-state index in [0.717, 1.165) is 5.56 Å². The molecule has 19 heavy (non-hydrogen) atoms. The van der Waals surface area contributed by atoms with Crippen molar-refractivity contribution in [2.45, 2.75) is 6.54 Å². The number of nitrogens with zero attached hydrogens (tertiary/aromatic N) is 2. The fraction of sp³-hybridized carbons (Fsp3) is 0.0909. The van der Waals surface area contributed by atoms with Crippen molar-refractivity contribution in [2.24, 2.45) is 0 Å². The van der Waals surface area contributed by atoms with E-state index in [-0.39, 0.29) is 17.9 Å². The first-order valence-corrected chi connectivity index (χ1v) is 5.37. The Kier molecular flexibility index (Phi) is 3.72. The predicted octanol–water partition coefficient (Wildman–Crippen LogP) is 0.825. The normalized spacial score (nSPS) is 9.89. The van der Waals surface area contributed by atoms with Crippen LogP contribution in [0.3, 0.4) is 0 Å². The van der Waals surface area contributed by atoms with Gasteiger partial charge in [-0.1, -0.05) is 0 Å². The molecule has 0 aromatic carbocycles. The molecule has 0 aliphatic rings. The summed E-state index contributed by atoms with van der Waals surface area (Å²) in [5.41, 5.74) is 0.737. The standard InChI is InChI=1S/C11H11N5O3/c17-10(18)9-8(2-1-3-12-9)16-11(19)13-4-7-5-14-15-6-7/h1-3,5-6H,4H2,(H,14,15)(H,17,18)(H2,13,16,19). The first kappa shape index (κ1) is 12.6. The summed E-state index contributed by atoms with van der Waals surface area (Å²) in [5, 5.41) is 20.3. The lowest BCUT2D eigenvalue weighted by atomic mass is 10.3. The third-order valence-electron chi connectivity index (χ3n) is 2.27. The highest BCUT2D eigenvalue weighted by Crippen LogP contribution is 2.11. The van der Waals surface area contributed by atoms with E-state index in [1.807, 2.05) is 0 Å². The molecule has 0 aliphatic carbocycles. The molecule has 0 bridgehead atoms. The highest BCUT2D eigenvalue weighted by molar-refractivity contribution is 5.98. The molecule has 4 N–H and O–H groups in total. The van der Waals surface area contributed by atoms with Gasteiger partial charge in [0.2, 0.25) is 0 Å². The van der Waals surface area contributed by atoms with E-state index in [0.29, 0.717) is 0 Å². The van der Waals surface area contributed by atoms with Crippen LogP contribution in [0.15, 0.2) is 30.7 Å². The number of hydrogen-bond donors (Lipinski definition) is 4. The number of hydrogen-bond acceptors (Lipinski definition) is 4. The van der Waals surface area contributed by atoms with Crippen molar-refractivity contribution in [3.8, 4) is 0 Å². The molecule has 0 saturated heterocycles. The van der Waals surface area contributed by atoms with Crippen LogP contribution in [0.2, 0.25) is 0 Å². The number of pyridine rings is 1. The number of urea groups is 1. The average Bonchev–Trinajstić information content (AvgIpc) is 2.90.